The fourth-order valence-corrected chi connectivity index (χ4v) is 3.03. The van der Waals surface area contributed by atoms with Crippen molar-refractivity contribution in [2.45, 2.75) is 20.8 Å². The lowest BCUT2D eigenvalue weighted by Gasteiger charge is -2.14. The average Bonchev–Trinajstić information content (AvgIpc) is 2.93. The van der Waals surface area contributed by atoms with Crippen LogP contribution in [-0.4, -0.2) is 19.2 Å². The molecular weight excluding hydrogens is 288 g/mol. The van der Waals surface area contributed by atoms with Crippen LogP contribution < -0.4 is 5.56 Å². The minimum absolute atomic E-state index is 0.0748. The highest BCUT2D eigenvalue weighted by Gasteiger charge is 2.17. The maximum Gasteiger partial charge on any atom is 0.267 e. The summed E-state index contributed by atoms with van der Waals surface area (Å²) in [6.45, 7) is 5.95. The molecular formula is C18H16N4O. The van der Waals surface area contributed by atoms with Gasteiger partial charge in [-0.3, -0.25) is 9.20 Å². The van der Waals surface area contributed by atoms with E-state index >= 15 is 0 Å². The SMILES string of the molecule is Cc1cccc(-n2c(=O)c3ccccc3n3c(C)nnc23)c1C. The molecule has 0 amide bonds. The van der Waals surface area contributed by atoms with E-state index in [1.165, 1.54) is 0 Å². The van der Waals surface area contributed by atoms with E-state index in [2.05, 4.69) is 10.2 Å². The van der Waals surface area contributed by atoms with E-state index in [0.29, 0.717) is 11.2 Å². The van der Waals surface area contributed by atoms with Crippen molar-refractivity contribution in [3.8, 4) is 5.69 Å². The minimum Gasteiger partial charge on any atom is -0.268 e. The zero-order valence-electron chi connectivity index (χ0n) is 13.2. The Morgan fingerprint density at radius 2 is 1.70 bits per heavy atom. The number of benzene rings is 2. The van der Waals surface area contributed by atoms with E-state index in [4.69, 9.17) is 0 Å². The summed E-state index contributed by atoms with van der Waals surface area (Å²) >= 11 is 0. The van der Waals surface area contributed by atoms with Gasteiger partial charge in [-0.15, -0.1) is 10.2 Å². The Kier molecular flexibility index (Phi) is 2.84. The number of hydrogen-bond acceptors (Lipinski definition) is 3. The smallest absolute Gasteiger partial charge is 0.267 e. The van der Waals surface area contributed by atoms with E-state index in [0.717, 1.165) is 28.2 Å². The molecule has 2 aromatic heterocycles. The third-order valence-electron chi connectivity index (χ3n) is 4.40. The topological polar surface area (TPSA) is 52.2 Å². The van der Waals surface area contributed by atoms with Crippen molar-refractivity contribution in [1.29, 1.82) is 0 Å². The number of aromatic nitrogens is 4. The maximum atomic E-state index is 13.1. The number of para-hydroxylation sites is 1. The number of rotatable bonds is 1. The fraction of sp³-hybridized carbons (Fsp3) is 0.167. The van der Waals surface area contributed by atoms with Crippen LogP contribution in [0.1, 0.15) is 17.0 Å². The van der Waals surface area contributed by atoms with E-state index < -0.39 is 0 Å². The second-order valence-corrected chi connectivity index (χ2v) is 5.76. The minimum atomic E-state index is -0.0748. The van der Waals surface area contributed by atoms with Gasteiger partial charge >= 0.3 is 0 Å². The van der Waals surface area contributed by atoms with Gasteiger partial charge in [0.05, 0.1) is 16.6 Å². The van der Waals surface area contributed by atoms with Gasteiger partial charge in [0.15, 0.2) is 0 Å². The summed E-state index contributed by atoms with van der Waals surface area (Å²) in [6, 6.07) is 13.5. The molecule has 0 unspecified atom stereocenters. The molecule has 0 saturated carbocycles. The van der Waals surface area contributed by atoms with Crippen LogP contribution in [-0.2, 0) is 0 Å². The summed E-state index contributed by atoms with van der Waals surface area (Å²) in [5, 5.41) is 9.09. The Bertz CT molecular complexity index is 1120. The highest BCUT2D eigenvalue weighted by Crippen LogP contribution is 2.21. The molecule has 0 bridgehead atoms. The molecule has 2 heterocycles. The third-order valence-corrected chi connectivity index (χ3v) is 4.40. The van der Waals surface area contributed by atoms with Crippen LogP contribution in [0.15, 0.2) is 47.3 Å². The lowest BCUT2D eigenvalue weighted by molar-refractivity contribution is 0.953. The Morgan fingerprint density at radius 1 is 0.913 bits per heavy atom. The zero-order valence-corrected chi connectivity index (χ0v) is 13.2. The second-order valence-electron chi connectivity index (χ2n) is 5.76. The quantitative estimate of drug-likeness (QED) is 0.543. The molecule has 4 rings (SSSR count). The Morgan fingerprint density at radius 3 is 2.52 bits per heavy atom. The van der Waals surface area contributed by atoms with Gasteiger partial charge in [-0.2, -0.15) is 0 Å². The van der Waals surface area contributed by atoms with Crippen LogP contribution >= 0.6 is 0 Å². The molecule has 0 radical (unpaired) electrons. The standard InChI is InChI=1S/C18H16N4O/c1-11-7-6-10-15(12(11)2)22-17(23)14-8-4-5-9-16(14)21-13(3)19-20-18(21)22/h4-10H,1-3H3. The van der Waals surface area contributed by atoms with Gasteiger partial charge in [-0.05, 0) is 50.1 Å². The summed E-state index contributed by atoms with van der Waals surface area (Å²) < 4.78 is 3.59. The van der Waals surface area contributed by atoms with Crippen molar-refractivity contribution in [3.63, 3.8) is 0 Å². The van der Waals surface area contributed by atoms with Gasteiger partial charge in [-0.25, -0.2) is 4.57 Å². The van der Waals surface area contributed by atoms with Gasteiger partial charge in [0.1, 0.15) is 5.82 Å². The molecule has 0 fully saturated rings. The van der Waals surface area contributed by atoms with Crippen LogP contribution in [0.3, 0.4) is 0 Å². The number of nitrogens with zero attached hydrogens (tertiary/aromatic N) is 4. The van der Waals surface area contributed by atoms with E-state index in [-0.39, 0.29) is 5.56 Å². The van der Waals surface area contributed by atoms with Gasteiger partial charge in [-0.1, -0.05) is 24.3 Å². The first-order valence-electron chi connectivity index (χ1n) is 7.51. The molecule has 0 atom stereocenters. The number of hydrogen-bond donors (Lipinski definition) is 0. The molecule has 0 aliphatic carbocycles. The first kappa shape index (κ1) is 13.7. The summed E-state index contributed by atoms with van der Waals surface area (Å²) in [7, 11) is 0. The summed E-state index contributed by atoms with van der Waals surface area (Å²) in [5.41, 5.74) is 3.80. The largest absolute Gasteiger partial charge is 0.268 e. The molecule has 0 aliphatic rings. The molecule has 0 N–H and O–H groups in total. The van der Waals surface area contributed by atoms with E-state index in [1.807, 2.05) is 67.6 Å². The molecule has 0 spiro atoms. The highest BCUT2D eigenvalue weighted by molar-refractivity contribution is 5.81. The normalized spacial score (nSPS) is 11.4. The predicted molar refractivity (Wildman–Crippen MR) is 90.3 cm³/mol. The zero-order chi connectivity index (χ0) is 16.1. The molecule has 2 aromatic carbocycles. The van der Waals surface area contributed by atoms with Crippen molar-refractivity contribution >= 4 is 16.7 Å². The molecule has 5 heteroatoms. The Labute approximate surface area is 132 Å². The van der Waals surface area contributed by atoms with Crippen molar-refractivity contribution in [1.82, 2.24) is 19.2 Å². The van der Waals surface area contributed by atoms with Gasteiger partial charge in [0.2, 0.25) is 5.78 Å². The van der Waals surface area contributed by atoms with Crippen LogP contribution in [0.5, 0.6) is 0 Å². The molecule has 0 aliphatic heterocycles. The van der Waals surface area contributed by atoms with Crippen molar-refractivity contribution in [2.75, 3.05) is 0 Å². The molecule has 23 heavy (non-hydrogen) atoms. The fourth-order valence-electron chi connectivity index (χ4n) is 3.03. The maximum absolute atomic E-state index is 13.1. The van der Waals surface area contributed by atoms with Gasteiger partial charge in [0.25, 0.3) is 5.56 Å². The van der Waals surface area contributed by atoms with E-state index in [9.17, 15) is 4.79 Å². The summed E-state index contributed by atoms with van der Waals surface area (Å²) in [4.78, 5) is 13.1. The van der Waals surface area contributed by atoms with Crippen LogP contribution in [0, 0.1) is 20.8 Å². The molecule has 0 saturated heterocycles. The predicted octanol–water partition coefficient (Wildman–Crippen LogP) is 2.96. The average molecular weight is 304 g/mol. The summed E-state index contributed by atoms with van der Waals surface area (Å²) in [5.74, 6) is 1.30. The third kappa shape index (κ3) is 1.83. The second kappa shape index (κ2) is 4.78. The summed E-state index contributed by atoms with van der Waals surface area (Å²) in [6.07, 6.45) is 0. The van der Waals surface area contributed by atoms with Crippen LogP contribution in [0.4, 0.5) is 0 Å². The van der Waals surface area contributed by atoms with Crippen LogP contribution in [0.2, 0.25) is 0 Å². The molecule has 114 valence electrons. The molecule has 4 aromatic rings. The monoisotopic (exact) mass is 304 g/mol. The number of fused-ring (bicyclic) bond motifs is 3. The number of aryl methyl sites for hydroxylation is 2. The van der Waals surface area contributed by atoms with Crippen molar-refractivity contribution < 1.29 is 0 Å². The highest BCUT2D eigenvalue weighted by atomic mass is 16.1. The van der Waals surface area contributed by atoms with Crippen molar-refractivity contribution in [3.05, 3.63) is 69.8 Å². The van der Waals surface area contributed by atoms with Gasteiger partial charge < -0.3 is 0 Å². The Balaban J connectivity index is 2.29. The Hall–Kier alpha value is -2.95. The lowest BCUT2D eigenvalue weighted by Crippen LogP contribution is -2.22. The van der Waals surface area contributed by atoms with Crippen LogP contribution in [0.25, 0.3) is 22.4 Å². The first-order valence-corrected chi connectivity index (χ1v) is 7.51. The lowest BCUT2D eigenvalue weighted by atomic mass is 10.1. The first-order chi connectivity index (χ1) is 11.1. The van der Waals surface area contributed by atoms with Gasteiger partial charge in [0, 0.05) is 0 Å². The van der Waals surface area contributed by atoms with E-state index in [1.54, 1.807) is 4.57 Å². The van der Waals surface area contributed by atoms with Crippen molar-refractivity contribution in [2.24, 2.45) is 0 Å². The molecule has 5 nitrogen and oxygen atoms in total.